The second-order valence-electron chi connectivity index (χ2n) is 4.99. The Bertz CT molecular complexity index is 623. The van der Waals surface area contributed by atoms with Crippen LogP contribution in [0.2, 0.25) is 0 Å². The lowest BCUT2D eigenvalue weighted by atomic mass is 10.1. The van der Waals surface area contributed by atoms with E-state index in [0.29, 0.717) is 12.3 Å². The lowest BCUT2D eigenvalue weighted by Gasteiger charge is -2.26. The maximum atomic E-state index is 12.3. The molecule has 2 heterocycles. The number of carbonyl (C=O) groups excluding carboxylic acids is 1. The maximum Gasteiger partial charge on any atom is 0.233 e. The minimum atomic E-state index is 0.199. The second-order valence-corrected chi connectivity index (χ2v) is 6.01. The highest BCUT2D eigenvalue weighted by Gasteiger charge is 2.21. The van der Waals surface area contributed by atoms with Crippen molar-refractivity contribution >= 4 is 17.7 Å². The number of nitrogens with one attached hydrogen (secondary N) is 1. The van der Waals surface area contributed by atoms with Gasteiger partial charge in [0, 0.05) is 35.7 Å². The molecule has 0 unspecified atom stereocenters. The summed E-state index contributed by atoms with van der Waals surface area (Å²) in [6, 6.07) is 8.17. The molecule has 2 aromatic rings. The van der Waals surface area contributed by atoms with E-state index < -0.39 is 0 Å². The van der Waals surface area contributed by atoms with Gasteiger partial charge in [-0.2, -0.15) is 5.10 Å². The quantitative estimate of drug-likeness (QED) is 0.882. The van der Waals surface area contributed by atoms with Crippen LogP contribution in [0.5, 0.6) is 0 Å². The van der Waals surface area contributed by atoms with Crippen LogP contribution >= 0.6 is 11.8 Å². The van der Waals surface area contributed by atoms with Crippen molar-refractivity contribution in [2.24, 2.45) is 0 Å². The molecule has 0 atom stereocenters. The van der Waals surface area contributed by atoms with Crippen molar-refractivity contribution in [3.63, 3.8) is 0 Å². The average molecular weight is 287 g/mol. The summed E-state index contributed by atoms with van der Waals surface area (Å²) in [4.78, 5) is 15.4. The number of nitrogens with zero attached hydrogens (tertiary/aromatic N) is 2. The number of aromatic amines is 1. The second kappa shape index (κ2) is 5.71. The van der Waals surface area contributed by atoms with Crippen LogP contribution in [0.3, 0.4) is 0 Å². The number of thioether (sulfide) groups is 1. The maximum absolute atomic E-state index is 12.3. The molecule has 104 valence electrons. The first-order chi connectivity index (χ1) is 9.74. The lowest BCUT2D eigenvalue weighted by molar-refractivity contribution is -0.129. The third-order valence-electron chi connectivity index (χ3n) is 3.60. The summed E-state index contributed by atoms with van der Waals surface area (Å²) in [6.07, 6.45) is 2.69. The minimum Gasteiger partial charge on any atom is -0.337 e. The fourth-order valence-electron chi connectivity index (χ4n) is 2.38. The van der Waals surface area contributed by atoms with Crippen LogP contribution < -0.4 is 0 Å². The third kappa shape index (κ3) is 2.72. The van der Waals surface area contributed by atoms with Crippen LogP contribution in [-0.2, 0) is 17.8 Å². The van der Waals surface area contributed by atoms with E-state index in [1.807, 2.05) is 23.2 Å². The van der Waals surface area contributed by atoms with Gasteiger partial charge >= 0.3 is 0 Å². The summed E-state index contributed by atoms with van der Waals surface area (Å²) in [5.41, 5.74) is 3.53. The van der Waals surface area contributed by atoms with Gasteiger partial charge in [-0.3, -0.25) is 9.89 Å². The third-order valence-corrected chi connectivity index (χ3v) is 4.76. The predicted octanol–water partition coefficient (Wildman–Crippen LogP) is 2.40. The number of rotatable bonds is 3. The summed E-state index contributed by atoms with van der Waals surface area (Å²) in [5.74, 6) is 0.697. The molecule has 0 fully saturated rings. The molecule has 0 aliphatic carbocycles. The van der Waals surface area contributed by atoms with E-state index >= 15 is 0 Å². The zero-order valence-corrected chi connectivity index (χ0v) is 12.2. The summed E-state index contributed by atoms with van der Waals surface area (Å²) < 4.78 is 0. The molecule has 1 aliphatic heterocycles. The number of carbonyl (C=O) groups is 1. The number of hydrogen-bond donors (Lipinski definition) is 1. The van der Waals surface area contributed by atoms with Crippen molar-refractivity contribution in [3.8, 4) is 0 Å². The average Bonchev–Trinajstić information content (AvgIpc) is 2.93. The first-order valence-electron chi connectivity index (χ1n) is 6.71. The van der Waals surface area contributed by atoms with E-state index in [9.17, 15) is 4.79 Å². The van der Waals surface area contributed by atoms with Crippen molar-refractivity contribution in [2.45, 2.75) is 24.8 Å². The number of amides is 1. The molecule has 1 aromatic heterocycles. The highest BCUT2D eigenvalue weighted by Crippen LogP contribution is 2.23. The Balaban J connectivity index is 1.59. The topological polar surface area (TPSA) is 49.0 Å². The van der Waals surface area contributed by atoms with Crippen LogP contribution in [0, 0.1) is 6.92 Å². The molecule has 3 rings (SSSR count). The monoisotopic (exact) mass is 287 g/mol. The molecule has 1 aromatic carbocycles. The zero-order chi connectivity index (χ0) is 13.9. The number of hydrogen-bond acceptors (Lipinski definition) is 3. The fraction of sp³-hybridized carbons (Fsp3) is 0.333. The van der Waals surface area contributed by atoms with Gasteiger partial charge in [0.2, 0.25) is 5.91 Å². The van der Waals surface area contributed by atoms with Gasteiger partial charge in [-0.15, -0.1) is 11.8 Å². The molecule has 0 radical (unpaired) electrons. The lowest BCUT2D eigenvalue weighted by Crippen LogP contribution is -2.36. The highest BCUT2D eigenvalue weighted by atomic mass is 32.2. The van der Waals surface area contributed by atoms with E-state index in [4.69, 9.17) is 0 Å². The Kier molecular flexibility index (Phi) is 3.78. The van der Waals surface area contributed by atoms with E-state index in [0.717, 1.165) is 18.5 Å². The molecule has 0 saturated carbocycles. The smallest absolute Gasteiger partial charge is 0.233 e. The highest BCUT2D eigenvalue weighted by molar-refractivity contribution is 8.00. The van der Waals surface area contributed by atoms with Gasteiger partial charge in [0.1, 0.15) is 0 Å². The number of benzene rings is 1. The molecule has 4 nitrogen and oxygen atoms in total. The molecule has 0 bridgehead atoms. The van der Waals surface area contributed by atoms with Crippen molar-refractivity contribution in [1.82, 2.24) is 15.1 Å². The first kappa shape index (κ1) is 13.2. The van der Waals surface area contributed by atoms with Gasteiger partial charge in [0.25, 0.3) is 0 Å². The van der Waals surface area contributed by atoms with E-state index in [1.54, 1.807) is 11.8 Å². The SMILES string of the molecule is Cc1ccccc1SCC(=O)N1CCc2[nH]ncc2C1. The minimum absolute atomic E-state index is 0.199. The van der Waals surface area contributed by atoms with E-state index in [-0.39, 0.29) is 5.91 Å². The largest absolute Gasteiger partial charge is 0.337 e. The Labute approximate surface area is 122 Å². The van der Waals surface area contributed by atoms with Crippen LogP contribution in [0.25, 0.3) is 0 Å². The number of aryl methyl sites for hydroxylation is 1. The van der Waals surface area contributed by atoms with Gasteiger partial charge in [-0.1, -0.05) is 18.2 Å². The summed E-state index contributed by atoms with van der Waals surface area (Å²) in [5, 5.41) is 7.02. The molecule has 0 spiro atoms. The van der Waals surface area contributed by atoms with Crippen molar-refractivity contribution in [3.05, 3.63) is 47.3 Å². The molecule has 1 aliphatic rings. The number of H-pyrrole nitrogens is 1. The van der Waals surface area contributed by atoms with Crippen LogP contribution in [0.4, 0.5) is 0 Å². The molecular weight excluding hydrogens is 270 g/mol. The van der Waals surface area contributed by atoms with Crippen LogP contribution in [-0.4, -0.2) is 33.3 Å². The van der Waals surface area contributed by atoms with Gasteiger partial charge in [-0.05, 0) is 18.6 Å². The normalized spacial score (nSPS) is 14.2. The molecule has 1 amide bonds. The molecule has 20 heavy (non-hydrogen) atoms. The van der Waals surface area contributed by atoms with Gasteiger partial charge < -0.3 is 4.90 Å². The summed E-state index contributed by atoms with van der Waals surface area (Å²) in [6.45, 7) is 3.53. The molecule has 5 heteroatoms. The van der Waals surface area contributed by atoms with Crippen molar-refractivity contribution in [1.29, 1.82) is 0 Å². The first-order valence-corrected chi connectivity index (χ1v) is 7.70. The summed E-state index contributed by atoms with van der Waals surface area (Å²) >= 11 is 1.62. The molecular formula is C15H17N3OS. The van der Waals surface area contributed by atoms with E-state index in [1.165, 1.54) is 16.2 Å². The standard InChI is InChI=1S/C15H17N3OS/c1-11-4-2-3-5-14(11)20-10-15(19)18-7-6-13-12(9-18)8-16-17-13/h2-5,8H,6-7,9-10H2,1H3,(H,16,17). The number of fused-ring (bicyclic) bond motifs is 1. The predicted molar refractivity (Wildman–Crippen MR) is 79.6 cm³/mol. The van der Waals surface area contributed by atoms with Crippen LogP contribution in [0.1, 0.15) is 16.8 Å². The van der Waals surface area contributed by atoms with Crippen molar-refractivity contribution < 1.29 is 4.79 Å². The number of aromatic nitrogens is 2. The Morgan fingerprint density at radius 1 is 1.45 bits per heavy atom. The molecule has 0 saturated heterocycles. The van der Waals surface area contributed by atoms with Crippen LogP contribution in [0.15, 0.2) is 35.4 Å². The fourth-order valence-corrected chi connectivity index (χ4v) is 3.32. The van der Waals surface area contributed by atoms with Crippen molar-refractivity contribution in [2.75, 3.05) is 12.3 Å². The van der Waals surface area contributed by atoms with Gasteiger partial charge in [0.15, 0.2) is 0 Å². The Morgan fingerprint density at radius 2 is 2.30 bits per heavy atom. The zero-order valence-electron chi connectivity index (χ0n) is 11.4. The van der Waals surface area contributed by atoms with Gasteiger partial charge in [-0.25, -0.2) is 0 Å². The van der Waals surface area contributed by atoms with E-state index in [2.05, 4.69) is 29.3 Å². The Morgan fingerprint density at radius 3 is 3.15 bits per heavy atom. The molecule has 1 N–H and O–H groups in total. The van der Waals surface area contributed by atoms with Gasteiger partial charge in [0.05, 0.1) is 11.9 Å². The Hall–Kier alpha value is -1.75. The summed E-state index contributed by atoms with van der Waals surface area (Å²) in [7, 11) is 0.